The molecule has 1 heterocycles. The molecule has 0 bridgehead atoms. The van der Waals surface area contributed by atoms with Gasteiger partial charge in [0.05, 0.1) is 31.4 Å². The minimum Gasteiger partial charge on any atom is -0.497 e. The number of benzene rings is 2. The van der Waals surface area contributed by atoms with E-state index in [-0.39, 0.29) is 18.3 Å². The lowest BCUT2D eigenvalue weighted by molar-refractivity contribution is -0.137. The lowest BCUT2D eigenvalue weighted by Gasteiger charge is -2.21. The number of carbonyl (C=O) groups is 1. The van der Waals surface area contributed by atoms with Gasteiger partial charge in [0.15, 0.2) is 6.10 Å². The minimum atomic E-state index is -0.737. The summed E-state index contributed by atoms with van der Waals surface area (Å²) >= 11 is 6.09. The van der Waals surface area contributed by atoms with Gasteiger partial charge >= 0.3 is 0 Å². The van der Waals surface area contributed by atoms with Crippen molar-refractivity contribution in [1.82, 2.24) is 15.0 Å². The van der Waals surface area contributed by atoms with Gasteiger partial charge in [0.25, 0.3) is 5.91 Å². The number of carbonyl (C=O) groups excluding carboxylic acids is 1. The predicted molar refractivity (Wildman–Crippen MR) is 111 cm³/mol. The van der Waals surface area contributed by atoms with Crippen molar-refractivity contribution in [1.29, 1.82) is 0 Å². The molecule has 0 spiro atoms. The summed E-state index contributed by atoms with van der Waals surface area (Å²) in [4.78, 5) is 18.5. The molecule has 0 N–H and O–H groups in total. The van der Waals surface area contributed by atoms with Crippen molar-refractivity contribution in [2.75, 3.05) is 21.3 Å². The van der Waals surface area contributed by atoms with Crippen LogP contribution in [0.3, 0.4) is 0 Å². The summed E-state index contributed by atoms with van der Waals surface area (Å²) in [6.07, 6.45) is -0.737. The molecular formula is C21H22ClN3O5. The van der Waals surface area contributed by atoms with Crippen LogP contribution in [-0.4, -0.2) is 48.3 Å². The molecule has 0 fully saturated rings. The van der Waals surface area contributed by atoms with E-state index in [0.29, 0.717) is 33.7 Å². The number of hydrogen-bond donors (Lipinski definition) is 0. The molecule has 0 radical (unpaired) electrons. The number of nitrogens with zero attached hydrogens (tertiary/aromatic N) is 3. The van der Waals surface area contributed by atoms with Gasteiger partial charge in [0.2, 0.25) is 11.7 Å². The molecule has 2 aromatic carbocycles. The van der Waals surface area contributed by atoms with E-state index >= 15 is 0 Å². The fourth-order valence-corrected chi connectivity index (χ4v) is 2.96. The molecule has 3 aromatic rings. The third-order valence-corrected chi connectivity index (χ3v) is 4.67. The van der Waals surface area contributed by atoms with Gasteiger partial charge < -0.3 is 23.6 Å². The molecule has 9 heteroatoms. The molecule has 1 atom stereocenters. The van der Waals surface area contributed by atoms with Gasteiger partial charge in [-0.25, -0.2) is 0 Å². The molecule has 0 aliphatic heterocycles. The smallest absolute Gasteiger partial charge is 0.263 e. The number of hydrogen-bond acceptors (Lipinski definition) is 7. The van der Waals surface area contributed by atoms with E-state index in [2.05, 4.69) is 10.1 Å². The van der Waals surface area contributed by atoms with Crippen LogP contribution in [0.5, 0.6) is 17.2 Å². The highest BCUT2D eigenvalue weighted by Crippen LogP contribution is 2.31. The topological polar surface area (TPSA) is 86.9 Å². The number of rotatable bonds is 8. The van der Waals surface area contributed by atoms with Crippen LogP contribution >= 0.6 is 11.6 Å². The maximum Gasteiger partial charge on any atom is 0.263 e. The summed E-state index contributed by atoms with van der Waals surface area (Å²) in [6.45, 7) is 1.78. The lowest BCUT2D eigenvalue weighted by Crippen LogP contribution is -2.37. The van der Waals surface area contributed by atoms with E-state index in [9.17, 15) is 4.79 Å². The summed E-state index contributed by atoms with van der Waals surface area (Å²) in [5, 5.41) is 4.43. The van der Waals surface area contributed by atoms with Crippen LogP contribution < -0.4 is 14.2 Å². The molecule has 1 aromatic heterocycles. The number of methoxy groups -OCH3 is 2. The Bertz CT molecular complexity index is 1020. The zero-order valence-electron chi connectivity index (χ0n) is 17.1. The predicted octanol–water partition coefficient (Wildman–Crippen LogP) is 3.83. The summed E-state index contributed by atoms with van der Waals surface area (Å²) in [5.41, 5.74) is 0.651. The van der Waals surface area contributed by atoms with Crippen LogP contribution in [0.15, 0.2) is 47.0 Å². The fraction of sp³-hybridized carbons (Fsp3) is 0.286. The Morgan fingerprint density at radius 3 is 2.63 bits per heavy atom. The second-order valence-corrected chi connectivity index (χ2v) is 6.87. The zero-order chi connectivity index (χ0) is 21.7. The molecule has 0 aliphatic rings. The van der Waals surface area contributed by atoms with Gasteiger partial charge in [-0.15, -0.1) is 0 Å². The van der Waals surface area contributed by atoms with Gasteiger partial charge in [0, 0.05) is 13.1 Å². The summed E-state index contributed by atoms with van der Waals surface area (Å²) in [6, 6.07) is 12.3. The Morgan fingerprint density at radius 1 is 1.17 bits per heavy atom. The Morgan fingerprint density at radius 2 is 1.93 bits per heavy atom. The summed E-state index contributed by atoms with van der Waals surface area (Å²) in [7, 11) is 4.75. The highest BCUT2D eigenvalue weighted by molar-refractivity contribution is 6.32. The Kier molecular flexibility index (Phi) is 6.79. The number of ether oxygens (including phenoxy) is 3. The lowest BCUT2D eigenvalue weighted by atomic mass is 10.2. The van der Waals surface area contributed by atoms with Gasteiger partial charge in [-0.1, -0.05) is 28.9 Å². The van der Waals surface area contributed by atoms with Crippen LogP contribution in [0.4, 0.5) is 0 Å². The number of halogens is 1. The van der Waals surface area contributed by atoms with Gasteiger partial charge in [-0.05, 0) is 31.2 Å². The van der Waals surface area contributed by atoms with E-state index in [0.717, 1.165) is 0 Å². The summed E-state index contributed by atoms with van der Waals surface area (Å²) in [5.74, 6) is 2.02. The Hall–Kier alpha value is -3.26. The molecule has 30 heavy (non-hydrogen) atoms. The molecule has 158 valence electrons. The zero-order valence-corrected chi connectivity index (χ0v) is 17.8. The molecule has 8 nitrogen and oxygen atoms in total. The van der Waals surface area contributed by atoms with Gasteiger partial charge in [0.1, 0.15) is 17.2 Å². The van der Waals surface area contributed by atoms with Crippen molar-refractivity contribution in [3.63, 3.8) is 0 Å². The van der Waals surface area contributed by atoms with Gasteiger partial charge in [-0.3, -0.25) is 4.79 Å². The fourth-order valence-electron chi connectivity index (χ4n) is 2.78. The third-order valence-electron chi connectivity index (χ3n) is 4.35. The van der Waals surface area contributed by atoms with Crippen molar-refractivity contribution in [3.05, 3.63) is 53.4 Å². The molecule has 3 rings (SSSR count). The second kappa shape index (κ2) is 9.49. The maximum absolute atomic E-state index is 12.6. The van der Waals surface area contributed by atoms with Gasteiger partial charge in [-0.2, -0.15) is 4.98 Å². The monoisotopic (exact) mass is 431 g/mol. The third kappa shape index (κ3) is 4.83. The largest absolute Gasteiger partial charge is 0.497 e. The molecule has 0 aliphatic carbocycles. The van der Waals surface area contributed by atoms with Crippen LogP contribution in [-0.2, 0) is 11.3 Å². The number of amides is 1. The van der Waals surface area contributed by atoms with E-state index in [1.807, 2.05) is 0 Å². The first-order valence-corrected chi connectivity index (χ1v) is 9.52. The summed E-state index contributed by atoms with van der Waals surface area (Å²) < 4.78 is 21.6. The van der Waals surface area contributed by atoms with E-state index in [4.69, 9.17) is 30.3 Å². The quantitative estimate of drug-likeness (QED) is 0.535. The van der Waals surface area contributed by atoms with Crippen molar-refractivity contribution in [3.8, 4) is 28.6 Å². The Balaban J connectivity index is 1.68. The second-order valence-electron chi connectivity index (χ2n) is 6.46. The molecule has 0 saturated carbocycles. The molecular weight excluding hydrogens is 410 g/mol. The van der Waals surface area contributed by atoms with E-state index in [1.165, 1.54) is 4.90 Å². The Labute approximate surface area is 179 Å². The van der Waals surface area contributed by atoms with Crippen molar-refractivity contribution >= 4 is 17.5 Å². The van der Waals surface area contributed by atoms with Crippen molar-refractivity contribution in [2.45, 2.75) is 19.6 Å². The van der Waals surface area contributed by atoms with E-state index in [1.54, 1.807) is 70.7 Å². The normalized spacial score (nSPS) is 11.6. The highest BCUT2D eigenvalue weighted by Gasteiger charge is 2.22. The van der Waals surface area contributed by atoms with E-state index < -0.39 is 6.10 Å². The highest BCUT2D eigenvalue weighted by atomic mass is 35.5. The standard InChI is InChI=1S/C21H22ClN3O5/c1-13(29-17-8-6-5-7-16(17)22)21(26)25(2)12-19-23-20(24-30-19)15-10-9-14(27-3)11-18(15)28-4/h5-11,13H,12H2,1-4H3/t13-/m1/s1. The van der Waals surface area contributed by atoms with Crippen LogP contribution in [0.2, 0.25) is 5.02 Å². The average molecular weight is 432 g/mol. The number of likely N-dealkylation sites (N-methyl/N-ethyl adjacent to an activating group) is 1. The van der Waals surface area contributed by atoms with Crippen LogP contribution in [0.1, 0.15) is 12.8 Å². The number of aromatic nitrogens is 2. The SMILES string of the molecule is COc1ccc(-c2noc(CN(C)C(=O)[C@@H](C)Oc3ccccc3Cl)n2)c(OC)c1. The minimum absolute atomic E-state index is 0.126. The number of para-hydroxylation sites is 1. The first-order valence-electron chi connectivity index (χ1n) is 9.14. The first kappa shape index (κ1) is 21.4. The van der Waals surface area contributed by atoms with Crippen LogP contribution in [0.25, 0.3) is 11.4 Å². The maximum atomic E-state index is 12.6. The molecule has 0 unspecified atom stereocenters. The van der Waals surface area contributed by atoms with Crippen molar-refractivity contribution < 1.29 is 23.5 Å². The first-order chi connectivity index (χ1) is 14.4. The van der Waals surface area contributed by atoms with Crippen molar-refractivity contribution in [2.24, 2.45) is 0 Å². The van der Waals surface area contributed by atoms with Crippen LogP contribution in [0, 0.1) is 0 Å². The average Bonchev–Trinajstić information content (AvgIpc) is 3.22. The molecule has 1 amide bonds. The molecule has 0 saturated heterocycles.